The normalized spacial score (nSPS) is 10.8. The number of aromatic amines is 1. The van der Waals surface area contributed by atoms with E-state index >= 15 is 0 Å². The summed E-state index contributed by atoms with van der Waals surface area (Å²) in [5.41, 5.74) is 3.94. The van der Waals surface area contributed by atoms with Crippen molar-refractivity contribution >= 4 is 40.4 Å². The average Bonchev–Trinajstić information content (AvgIpc) is 3.40. The number of amides is 1. The molecule has 7 heteroatoms. The van der Waals surface area contributed by atoms with Crippen LogP contribution in [0.3, 0.4) is 0 Å². The van der Waals surface area contributed by atoms with Crippen LogP contribution in [0, 0.1) is 0 Å². The first-order valence-corrected chi connectivity index (χ1v) is 10.7. The van der Waals surface area contributed by atoms with Gasteiger partial charge in [0.25, 0.3) is 5.91 Å². The van der Waals surface area contributed by atoms with Crippen molar-refractivity contribution < 1.29 is 4.79 Å². The minimum Gasteiger partial charge on any atom is -0.352 e. The summed E-state index contributed by atoms with van der Waals surface area (Å²) in [5.74, 6) is -0.0798. The Bertz CT molecular complexity index is 1120. The molecule has 0 spiro atoms. The number of nitrogens with one attached hydrogen (secondary N) is 2. The van der Waals surface area contributed by atoms with E-state index in [1.54, 1.807) is 35.6 Å². The second kappa shape index (κ2) is 8.82. The van der Waals surface area contributed by atoms with Crippen molar-refractivity contribution in [3.63, 3.8) is 0 Å². The van der Waals surface area contributed by atoms with Gasteiger partial charge in [-0.3, -0.25) is 9.89 Å². The summed E-state index contributed by atoms with van der Waals surface area (Å²) in [6, 6.07) is 18.7. The van der Waals surface area contributed by atoms with Crippen LogP contribution in [0.5, 0.6) is 0 Å². The van der Waals surface area contributed by atoms with E-state index in [2.05, 4.69) is 21.6 Å². The molecular weight excluding hydrogens is 425 g/mol. The first kappa shape index (κ1) is 19.7. The van der Waals surface area contributed by atoms with Gasteiger partial charge in [-0.05, 0) is 54.3 Å². The molecule has 2 aromatic heterocycles. The third kappa shape index (κ3) is 4.70. The maximum absolute atomic E-state index is 12.3. The van der Waals surface area contributed by atoms with E-state index in [1.807, 2.05) is 35.7 Å². The number of H-pyrrole nitrogens is 1. The second-order valence-corrected chi connectivity index (χ2v) is 8.33. The molecule has 146 valence electrons. The third-order valence-electron chi connectivity index (χ3n) is 4.48. The van der Waals surface area contributed by atoms with Crippen molar-refractivity contribution in [3.8, 4) is 22.5 Å². The Balaban J connectivity index is 1.42. The van der Waals surface area contributed by atoms with Crippen LogP contribution in [0.4, 0.5) is 0 Å². The molecule has 4 nitrogen and oxygen atoms in total. The number of carbonyl (C=O) groups excluding carboxylic acids is 1. The standard InChI is InChI=1S/C22H17Cl2N3OS/c23-16-7-8-18(19(24)12-16)21-13-20(26-27-21)14-3-5-15(6-4-14)22(28)25-10-9-17-2-1-11-29-17/h1-8,11-13H,9-10H2,(H,25,28)(H,26,27). The number of thiophene rings is 1. The lowest BCUT2D eigenvalue weighted by Gasteiger charge is -2.05. The van der Waals surface area contributed by atoms with Gasteiger partial charge in [0.15, 0.2) is 0 Å². The molecule has 29 heavy (non-hydrogen) atoms. The molecule has 0 radical (unpaired) electrons. The van der Waals surface area contributed by atoms with Gasteiger partial charge in [0.1, 0.15) is 0 Å². The number of aromatic nitrogens is 2. The first-order chi connectivity index (χ1) is 14.1. The molecular formula is C22H17Cl2N3OS. The van der Waals surface area contributed by atoms with Gasteiger partial charge in [-0.15, -0.1) is 11.3 Å². The summed E-state index contributed by atoms with van der Waals surface area (Å²) in [5, 5.41) is 13.5. The summed E-state index contributed by atoms with van der Waals surface area (Å²) in [4.78, 5) is 13.6. The van der Waals surface area contributed by atoms with Crippen LogP contribution < -0.4 is 5.32 Å². The largest absolute Gasteiger partial charge is 0.352 e. The third-order valence-corrected chi connectivity index (χ3v) is 5.96. The Morgan fingerprint density at radius 3 is 2.62 bits per heavy atom. The molecule has 4 rings (SSSR count). The van der Waals surface area contributed by atoms with E-state index in [-0.39, 0.29) is 5.91 Å². The zero-order valence-corrected chi connectivity index (χ0v) is 17.6. The molecule has 0 saturated heterocycles. The Labute approximate surface area is 182 Å². The van der Waals surface area contributed by atoms with Crippen LogP contribution in [0.1, 0.15) is 15.2 Å². The van der Waals surface area contributed by atoms with Crippen molar-refractivity contribution in [2.75, 3.05) is 6.54 Å². The van der Waals surface area contributed by atoms with Gasteiger partial charge < -0.3 is 5.32 Å². The van der Waals surface area contributed by atoms with E-state index in [0.717, 1.165) is 28.9 Å². The van der Waals surface area contributed by atoms with Gasteiger partial charge in [0.05, 0.1) is 16.4 Å². The lowest BCUT2D eigenvalue weighted by atomic mass is 10.1. The van der Waals surface area contributed by atoms with Crippen LogP contribution in [0.25, 0.3) is 22.5 Å². The van der Waals surface area contributed by atoms with Gasteiger partial charge in [0, 0.05) is 33.1 Å². The Morgan fingerprint density at radius 1 is 1.07 bits per heavy atom. The quantitative estimate of drug-likeness (QED) is 0.380. The number of benzene rings is 2. The van der Waals surface area contributed by atoms with Crippen LogP contribution >= 0.6 is 34.5 Å². The lowest BCUT2D eigenvalue weighted by Crippen LogP contribution is -2.25. The maximum Gasteiger partial charge on any atom is 0.251 e. The van der Waals surface area contributed by atoms with Crippen LogP contribution in [-0.4, -0.2) is 22.6 Å². The van der Waals surface area contributed by atoms with Gasteiger partial charge in [-0.25, -0.2) is 0 Å². The minimum atomic E-state index is -0.0798. The molecule has 2 N–H and O–H groups in total. The molecule has 4 aromatic rings. The summed E-state index contributed by atoms with van der Waals surface area (Å²) >= 11 is 13.9. The summed E-state index contributed by atoms with van der Waals surface area (Å²) in [7, 11) is 0. The van der Waals surface area contributed by atoms with Crippen LogP contribution in [0.2, 0.25) is 10.0 Å². The van der Waals surface area contributed by atoms with E-state index in [9.17, 15) is 4.79 Å². The average molecular weight is 442 g/mol. The monoisotopic (exact) mass is 441 g/mol. The molecule has 1 amide bonds. The van der Waals surface area contributed by atoms with E-state index in [4.69, 9.17) is 23.2 Å². The molecule has 0 saturated carbocycles. The van der Waals surface area contributed by atoms with Crippen molar-refractivity contribution in [2.45, 2.75) is 6.42 Å². The Kier molecular flexibility index (Phi) is 6.00. The van der Waals surface area contributed by atoms with Crippen molar-refractivity contribution in [1.82, 2.24) is 15.5 Å². The van der Waals surface area contributed by atoms with E-state index in [1.165, 1.54) is 4.88 Å². The van der Waals surface area contributed by atoms with Crippen LogP contribution in [-0.2, 0) is 6.42 Å². The number of hydrogen-bond acceptors (Lipinski definition) is 3. The number of rotatable bonds is 6. The number of carbonyl (C=O) groups is 1. The molecule has 0 bridgehead atoms. The fraction of sp³-hybridized carbons (Fsp3) is 0.0909. The zero-order valence-electron chi connectivity index (χ0n) is 15.3. The van der Waals surface area contributed by atoms with Gasteiger partial charge >= 0.3 is 0 Å². The maximum atomic E-state index is 12.3. The van der Waals surface area contributed by atoms with Crippen molar-refractivity contribution in [1.29, 1.82) is 0 Å². The molecule has 2 aromatic carbocycles. The van der Waals surface area contributed by atoms with Gasteiger partial charge in [-0.1, -0.05) is 41.4 Å². The Hall–Kier alpha value is -2.60. The topological polar surface area (TPSA) is 57.8 Å². The van der Waals surface area contributed by atoms with E-state index < -0.39 is 0 Å². The molecule has 0 fully saturated rings. The molecule has 0 atom stereocenters. The zero-order chi connectivity index (χ0) is 20.2. The fourth-order valence-corrected chi connectivity index (χ4v) is 4.18. The van der Waals surface area contributed by atoms with E-state index in [0.29, 0.717) is 22.2 Å². The Morgan fingerprint density at radius 2 is 1.90 bits per heavy atom. The number of halogens is 2. The summed E-state index contributed by atoms with van der Waals surface area (Å²) in [6.45, 7) is 0.617. The smallest absolute Gasteiger partial charge is 0.251 e. The minimum absolute atomic E-state index is 0.0798. The highest BCUT2D eigenvalue weighted by atomic mass is 35.5. The molecule has 0 aliphatic carbocycles. The molecule has 0 aliphatic heterocycles. The second-order valence-electron chi connectivity index (χ2n) is 6.45. The highest BCUT2D eigenvalue weighted by molar-refractivity contribution is 7.09. The van der Waals surface area contributed by atoms with Gasteiger partial charge in [-0.2, -0.15) is 5.10 Å². The SMILES string of the molecule is O=C(NCCc1cccs1)c1ccc(-c2cc(-c3ccc(Cl)cc3Cl)[nH]n2)cc1. The first-order valence-electron chi connectivity index (χ1n) is 9.02. The molecule has 2 heterocycles. The summed E-state index contributed by atoms with van der Waals surface area (Å²) < 4.78 is 0. The predicted molar refractivity (Wildman–Crippen MR) is 120 cm³/mol. The number of nitrogens with zero attached hydrogens (tertiary/aromatic N) is 1. The summed E-state index contributed by atoms with van der Waals surface area (Å²) in [6.07, 6.45) is 0.838. The molecule has 0 unspecified atom stereocenters. The number of hydrogen-bond donors (Lipinski definition) is 2. The predicted octanol–water partition coefficient (Wildman–Crippen LogP) is 6.08. The van der Waals surface area contributed by atoms with Gasteiger partial charge in [0.2, 0.25) is 0 Å². The van der Waals surface area contributed by atoms with Crippen molar-refractivity contribution in [2.24, 2.45) is 0 Å². The van der Waals surface area contributed by atoms with Crippen molar-refractivity contribution in [3.05, 3.63) is 86.5 Å². The highest BCUT2D eigenvalue weighted by Crippen LogP contribution is 2.31. The van der Waals surface area contributed by atoms with Crippen LogP contribution in [0.15, 0.2) is 66.0 Å². The lowest BCUT2D eigenvalue weighted by molar-refractivity contribution is 0.0954. The fourth-order valence-electron chi connectivity index (χ4n) is 2.96. The highest BCUT2D eigenvalue weighted by Gasteiger charge is 2.11. The molecule has 0 aliphatic rings.